The number of para-hydroxylation sites is 3. The fraction of sp³-hybridized carbons (Fsp3) is 0.250. The van der Waals surface area contributed by atoms with Gasteiger partial charge in [-0.1, -0.05) is 54.6 Å². The molecule has 3 aromatic carbocycles. The second-order valence-electron chi connectivity index (χ2n) is 8.60. The summed E-state index contributed by atoms with van der Waals surface area (Å²) >= 11 is 0. The van der Waals surface area contributed by atoms with Gasteiger partial charge in [0.15, 0.2) is 5.78 Å². The lowest BCUT2D eigenvalue weighted by molar-refractivity contribution is 0.0359. The minimum absolute atomic E-state index is 0.293. The number of fused-ring (bicyclic) bond motifs is 1. The number of carbonyl (C=O) groups is 1. The Kier molecular flexibility index (Phi) is 6.34. The van der Waals surface area contributed by atoms with Crippen molar-refractivity contribution in [3.05, 3.63) is 96.2 Å². The lowest BCUT2D eigenvalue weighted by Gasteiger charge is -2.42. The van der Waals surface area contributed by atoms with Gasteiger partial charge >= 0.3 is 0 Å². The fourth-order valence-corrected chi connectivity index (χ4v) is 4.95. The molecule has 2 N–H and O–H groups in total. The number of carbonyl (C=O) groups excluding carboxylic acids is 1. The lowest BCUT2D eigenvalue weighted by Crippen LogP contribution is -2.51. The summed E-state index contributed by atoms with van der Waals surface area (Å²) in [6.45, 7) is 3.05. The quantitative estimate of drug-likeness (QED) is 0.407. The van der Waals surface area contributed by atoms with E-state index in [9.17, 15) is 9.90 Å². The molecule has 174 valence electrons. The second kappa shape index (κ2) is 9.71. The summed E-state index contributed by atoms with van der Waals surface area (Å²) in [4.78, 5) is 21.3. The van der Waals surface area contributed by atoms with Crippen molar-refractivity contribution in [2.24, 2.45) is 0 Å². The topological polar surface area (TPSA) is 68.8 Å². The molecule has 0 spiro atoms. The number of nitrogens with one attached hydrogen (secondary N) is 1. The summed E-state index contributed by atoms with van der Waals surface area (Å²) in [5, 5.41) is 12.4. The molecule has 0 unspecified atom stereocenters. The largest absolute Gasteiger partial charge is 0.496 e. The van der Waals surface area contributed by atoms with Gasteiger partial charge in [0, 0.05) is 60.1 Å². The van der Waals surface area contributed by atoms with Crippen molar-refractivity contribution in [2.75, 3.05) is 38.2 Å². The molecule has 2 atom stereocenters. The smallest absolute Gasteiger partial charge is 0.195 e. The molecule has 6 heteroatoms. The third kappa shape index (κ3) is 4.18. The number of aliphatic hydroxyl groups is 1. The van der Waals surface area contributed by atoms with E-state index < -0.39 is 12.1 Å². The third-order valence-electron chi connectivity index (χ3n) is 6.71. The van der Waals surface area contributed by atoms with Crippen molar-refractivity contribution in [1.29, 1.82) is 0 Å². The summed E-state index contributed by atoms with van der Waals surface area (Å²) < 4.78 is 5.63. The predicted molar refractivity (Wildman–Crippen MR) is 135 cm³/mol. The van der Waals surface area contributed by atoms with Crippen LogP contribution in [0.25, 0.3) is 10.9 Å². The highest BCUT2D eigenvalue weighted by Crippen LogP contribution is 2.35. The molecule has 0 saturated carbocycles. The molecular formula is C28H29N3O3. The number of aliphatic hydroxyl groups excluding tert-OH is 1. The van der Waals surface area contributed by atoms with E-state index in [-0.39, 0.29) is 5.78 Å². The van der Waals surface area contributed by atoms with Crippen LogP contribution < -0.4 is 9.64 Å². The van der Waals surface area contributed by atoms with Crippen LogP contribution in [0.15, 0.2) is 85.1 Å². The highest BCUT2D eigenvalue weighted by atomic mass is 16.5. The van der Waals surface area contributed by atoms with Crippen LogP contribution >= 0.6 is 0 Å². The first-order chi connectivity index (χ1) is 16.7. The summed E-state index contributed by atoms with van der Waals surface area (Å²) in [7, 11) is 1.62. The second-order valence-corrected chi connectivity index (χ2v) is 8.60. The van der Waals surface area contributed by atoms with Crippen molar-refractivity contribution < 1.29 is 14.6 Å². The predicted octanol–water partition coefficient (Wildman–Crippen LogP) is 4.28. The van der Waals surface area contributed by atoms with Crippen LogP contribution in [0.3, 0.4) is 0 Å². The molecule has 0 aliphatic carbocycles. The molecule has 0 amide bonds. The first kappa shape index (κ1) is 22.2. The summed E-state index contributed by atoms with van der Waals surface area (Å²) in [6, 6.07) is 25.1. The van der Waals surface area contributed by atoms with E-state index in [0.717, 1.165) is 42.6 Å². The minimum Gasteiger partial charge on any atom is -0.496 e. The van der Waals surface area contributed by atoms with Gasteiger partial charge < -0.3 is 19.7 Å². The van der Waals surface area contributed by atoms with E-state index in [4.69, 9.17) is 4.74 Å². The number of H-pyrrole nitrogens is 1. The van der Waals surface area contributed by atoms with E-state index in [1.165, 1.54) is 5.69 Å². The van der Waals surface area contributed by atoms with E-state index >= 15 is 0 Å². The lowest BCUT2D eigenvalue weighted by atomic mass is 9.92. The average molecular weight is 456 g/mol. The van der Waals surface area contributed by atoms with Gasteiger partial charge in [0.25, 0.3) is 0 Å². The first-order valence-corrected chi connectivity index (χ1v) is 11.6. The van der Waals surface area contributed by atoms with E-state index in [2.05, 4.69) is 26.9 Å². The molecule has 4 aromatic rings. The molecule has 1 aliphatic heterocycles. The number of ether oxygens (including phenoxy) is 1. The minimum atomic E-state index is -1.24. The molecular weight excluding hydrogens is 426 g/mol. The molecule has 1 aromatic heterocycles. The number of rotatable bonds is 7. The summed E-state index contributed by atoms with van der Waals surface area (Å²) in [5.74, 6) is 0.377. The van der Waals surface area contributed by atoms with Crippen LogP contribution in [-0.2, 0) is 0 Å². The van der Waals surface area contributed by atoms with Crippen LogP contribution in [0.4, 0.5) is 5.69 Å². The van der Waals surface area contributed by atoms with Gasteiger partial charge in [0.2, 0.25) is 0 Å². The Labute approximate surface area is 199 Å². The normalized spacial score (nSPS) is 16.4. The number of hydrogen-bond donors (Lipinski definition) is 2. The molecule has 6 nitrogen and oxygen atoms in total. The van der Waals surface area contributed by atoms with E-state index in [1.807, 2.05) is 66.7 Å². The van der Waals surface area contributed by atoms with Crippen molar-refractivity contribution >= 4 is 22.4 Å². The Hall–Kier alpha value is -3.61. The number of anilines is 1. The molecule has 2 heterocycles. The standard InChI is InChI=1S/C28H29N3O3/c1-34-25-14-8-6-12-22(25)26(31-17-15-30(16-18-31)20-9-3-2-4-10-20)28(33)27(32)23-19-29-24-13-7-5-11-21(23)24/h2-14,19,26,28-29,33H,15-18H2,1H3/t26-,28-/m0/s1. The monoisotopic (exact) mass is 455 g/mol. The first-order valence-electron chi connectivity index (χ1n) is 11.6. The molecule has 0 radical (unpaired) electrons. The number of Topliss-reactive ketones (excluding diaryl/α,β-unsaturated/α-hetero) is 1. The number of piperazine rings is 1. The Bertz CT molecular complexity index is 1260. The summed E-state index contributed by atoms with van der Waals surface area (Å²) in [5.41, 5.74) is 3.39. The highest BCUT2D eigenvalue weighted by Gasteiger charge is 2.37. The van der Waals surface area contributed by atoms with Crippen molar-refractivity contribution in [1.82, 2.24) is 9.88 Å². The maximum atomic E-state index is 13.6. The van der Waals surface area contributed by atoms with Crippen LogP contribution in [0, 0.1) is 0 Å². The van der Waals surface area contributed by atoms with Crippen LogP contribution in [0.5, 0.6) is 5.75 Å². The zero-order valence-corrected chi connectivity index (χ0v) is 19.2. The SMILES string of the molecule is COc1ccccc1[C@@H]([C@H](O)C(=O)c1c[nH]c2ccccc12)N1CCN(c2ccccc2)CC1. The number of methoxy groups -OCH3 is 1. The van der Waals surface area contributed by atoms with Gasteiger partial charge in [-0.05, 0) is 24.3 Å². The van der Waals surface area contributed by atoms with Crippen LogP contribution in [0.2, 0.25) is 0 Å². The average Bonchev–Trinajstić information content (AvgIpc) is 3.34. The number of nitrogens with zero attached hydrogens (tertiary/aromatic N) is 2. The van der Waals surface area contributed by atoms with E-state index in [0.29, 0.717) is 11.3 Å². The molecule has 1 fully saturated rings. The molecule has 5 rings (SSSR count). The Morgan fingerprint density at radius 1 is 0.912 bits per heavy atom. The fourth-order valence-electron chi connectivity index (χ4n) is 4.95. The number of benzene rings is 3. The van der Waals surface area contributed by atoms with Crippen molar-refractivity contribution in [3.8, 4) is 5.75 Å². The zero-order valence-electron chi connectivity index (χ0n) is 19.2. The maximum absolute atomic E-state index is 13.6. The summed E-state index contributed by atoms with van der Waals surface area (Å²) in [6.07, 6.45) is 0.460. The number of ketones is 1. The third-order valence-corrected chi connectivity index (χ3v) is 6.71. The maximum Gasteiger partial charge on any atom is 0.195 e. The highest BCUT2D eigenvalue weighted by molar-refractivity contribution is 6.10. The van der Waals surface area contributed by atoms with Gasteiger partial charge in [-0.15, -0.1) is 0 Å². The van der Waals surface area contributed by atoms with Gasteiger partial charge in [0.05, 0.1) is 13.2 Å². The Morgan fingerprint density at radius 2 is 1.59 bits per heavy atom. The number of hydrogen-bond acceptors (Lipinski definition) is 5. The zero-order chi connectivity index (χ0) is 23.5. The van der Waals surface area contributed by atoms with Crippen LogP contribution in [-0.4, -0.2) is 60.2 Å². The Balaban J connectivity index is 1.46. The molecule has 1 saturated heterocycles. The molecule has 1 aliphatic rings. The molecule has 0 bridgehead atoms. The van der Waals surface area contributed by atoms with Gasteiger partial charge in [0.1, 0.15) is 11.9 Å². The van der Waals surface area contributed by atoms with E-state index in [1.54, 1.807) is 13.3 Å². The van der Waals surface area contributed by atoms with Crippen molar-refractivity contribution in [3.63, 3.8) is 0 Å². The van der Waals surface area contributed by atoms with Gasteiger partial charge in [-0.2, -0.15) is 0 Å². The van der Waals surface area contributed by atoms with Crippen molar-refractivity contribution in [2.45, 2.75) is 12.1 Å². The van der Waals surface area contributed by atoms with Gasteiger partial charge in [-0.3, -0.25) is 9.69 Å². The number of aromatic amines is 1. The van der Waals surface area contributed by atoms with Crippen LogP contribution in [0.1, 0.15) is 22.0 Å². The number of aromatic nitrogens is 1. The van der Waals surface area contributed by atoms with Gasteiger partial charge in [-0.25, -0.2) is 0 Å². The molecule has 34 heavy (non-hydrogen) atoms. The Morgan fingerprint density at radius 3 is 2.35 bits per heavy atom.